The number of carbonyl (C=O) groups excluding carboxylic acids is 1. The largest absolute Gasteiger partial charge is 0.497 e. The molecule has 1 aromatic carbocycles. The second-order valence-electron chi connectivity index (χ2n) is 3.76. The Morgan fingerprint density at radius 3 is 2.21 bits per heavy atom. The van der Waals surface area contributed by atoms with E-state index in [4.69, 9.17) is 9.47 Å². The van der Waals surface area contributed by atoms with Gasteiger partial charge >= 0.3 is 5.97 Å². The maximum Gasteiger partial charge on any atom is 0.358 e. The zero-order valence-corrected chi connectivity index (χ0v) is 10.9. The molecule has 1 heterocycles. The molecular weight excluding hydrogens is 248 g/mol. The van der Waals surface area contributed by atoms with Gasteiger partial charge in [0.2, 0.25) is 0 Å². The average Bonchev–Trinajstić information content (AvgIpc) is 2.95. The van der Waals surface area contributed by atoms with E-state index >= 15 is 0 Å². The smallest absolute Gasteiger partial charge is 0.358 e. The van der Waals surface area contributed by atoms with Crippen molar-refractivity contribution in [1.29, 1.82) is 0 Å². The SMILES string of the molecule is COC(=O)c1cc(-c2cc(OC)cc(OC)c2)[nH]n1. The first-order chi connectivity index (χ1) is 9.17. The molecular formula is C13H14N2O4. The Kier molecular flexibility index (Phi) is 3.70. The molecule has 0 bridgehead atoms. The standard InChI is InChI=1S/C13H14N2O4/c1-17-9-4-8(5-10(6-9)18-2)11-7-12(15-14-11)13(16)19-3/h4-7H,1-3H3,(H,14,15). The van der Waals surface area contributed by atoms with E-state index in [1.54, 1.807) is 26.4 Å². The van der Waals surface area contributed by atoms with E-state index in [-0.39, 0.29) is 5.69 Å². The van der Waals surface area contributed by atoms with Crippen molar-refractivity contribution in [3.63, 3.8) is 0 Å². The Labute approximate surface area is 110 Å². The van der Waals surface area contributed by atoms with E-state index in [1.165, 1.54) is 7.11 Å². The van der Waals surface area contributed by atoms with E-state index in [9.17, 15) is 4.79 Å². The molecule has 0 radical (unpaired) electrons. The van der Waals surface area contributed by atoms with Gasteiger partial charge < -0.3 is 14.2 Å². The van der Waals surface area contributed by atoms with Gasteiger partial charge in [0.25, 0.3) is 0 Å². The predicted molar refractivity (Wildman–Crippen MR) is 68.5 cm³/mol. The van der Waals surface area contributed by atoms with Crippen LogP contribution in [0.15, 0.2) is 24.3 Å². The second-order valence-corrected chi connectivity index (χ2v) is 3.76. The maximum absolute atomic E-state index is 11.4. The first kappa shape index (κ1) is 12.9. The predicted octanol–water partition coefficient (Wildman–Crippen LogP) is 1.88. The summed E-state index contributed by atoms with van der Waals surface area (Å²) in [7, 11) is 4.46. The van der Waals surface area contributed by atoms with E-state index in [0.717, 1.165) is 5.56 Å². The summed E-state index contributed by atoms with van der Waals surface area (Å²) in [4.78, 5) is 11.4. The van der Waals surface area contributed by atoms with Crippen LogP contribution >= 0.6 is 0 Å². The van der Waals surface area contributed by atoms with Gasteiger partial charge in [-0.1, -0.05) is 0 Å². The molecule has 19 heavy (non-hydrogen) atoms. The van der Waals surface area contributed by atoms with Crippen LogP contribution in [0, 0.1) is 0 Å². The second kappa shape index (κ2) is 5.43. The lowest BCUT2D eigenvalue weighted by atomic mass is 10.1. The molecule has 2 aromatic rings. The van der Waals surface area contributed by atoms with Crippen LogP contribution < -0.4 is 9.47 Å². The first-order valence-corrected chi connectivity index (χ1v) is 5.55. The molecule has 0 fully saturated rings. The number of nitrogens with one attached hydrogen (secondary N) is 1. The maximum atomic E-state index is 11.4. The van der Waals surface area contributed by atoms with Gasteiger partial charge in [-0.15, -0.1) is 0 Å². The molecule has 0 atom stereocenters. The van der Waals surface area contributed by atoms with Crippen LogP contribution in [0.1, 0.15) is 10.5 Å². The molecule has 0 amide bonds. The van der Waals surface area contributed by atoms with Crippen LogP contribution in [0.2, 0.25) is 0 Å². The molecule has 1 aromatic heterocycles. The van der Waals surface area contributed by atoms with E-state index < -0.39 is 5.97 Å². The molecule has 6 nitrogen and oxygen atoms in total. The number of methoxy groups -OCH3 is 3. The number of esters is 1. The molecule has 0 aliphatic carbocycles. The monoisotopic (exact) mass is 262 g/mol. The molecule has 6 heteroatoms. The number of aromatic nitrogens is 2. The molecule has 2 rings (SSSR count). The van der Waals surface area contributed by atoms with Gasteiger partial charge in [-0.3, -0.25) is 5.10 Å². The number of nitrogens with zero attached hydrogens (tertiary/aromatic N) is 1. The van der Waals surface area contributed by atoms with Crippen molar-refractivity contribution >= 4 is 5.97 Å². The minimum atomic E-state index is -0.489. The normalized spacial score (nSPS) is 10.1. The lowest BCUT2D eigenvalue weighted by Crippen LogP contribution is -2.00. The van der Waals surface area contributed by atoms with Crippen LogP contribution in [0.5, 0.6) is 11.5 Å². The molecule has 0 spiro atoms. The van der Waals surface area contributed by atoms with E-state index in [1.807, 2.05) is 12.1 Å². The quantitative estimate of drug-likeness (QED) is 0.851. The fourth-order valence-corrected chi connectivity index (χ4v) is 1.64. The number of hydrogen-bond donors (Lipinski definition) is 1. The topological polar surface area (TPSA) is 73.4 Å². The van der Waals surface area contributed by atoms with Crippen molar-refractivity contribution in [2.24, 2.45) is 0 Å². The number of aromatic amines is 1. The molecule has 1 N–H and O–H groups in total. The fourth-order valence-electron chi connectivity index (χ4n) is 1.64. The van der Waals surface area contributed by atoms with Gasteiger partial charge in [0.15, 0.2) is 5.69 Å². The summed E-state index contributed by atoms with van der Waals surface area (Å²) < 4.78 is 15.0. The Morgan fingerprint density at radius 2 is 1.68 bits per heavy atom. The third-order valence-corrected chi connectivity index (χ3v) is 2.63. The highest BCUT2D eigenvalue weighted by Crippen LogP contribution is 2.28. The Bertz CT molecular complexity index is 570. The third kappa shape index (κ3) is 2.67. The number of hydrogen-bond acceptors (Lipinski definition) is 5. The summed E-state index contributed by atoms with van der Waals surface area (Å²) in [5.41, 5.74) is 1.70. The highest BCUT2D eigenvalue weighted by molar-refractivity contribution is 5.88. The minimum Gasteiger partial charge on any atom is -0.497 e. The number of ether oxygens (including phenoxy) is 3. The van der Waals surface area contributed by atoms with Crippen molar-refractivity contribution in [1.82, 2.24) is 10.2 Å². The lowest BCUT2D eigenvalue weighted by Gasteiger charge is -2.06. The van der Waals surface area contributed by atoms with Crippen molar-refractivity contribution in [3.8, 4) is 22.8 Å². The van der Waals surface area contributed by atoms with Crippen molar-refractivity contribution in [2.45, 2.75) is 0 Å². The molecule has 0 saturated carbocycles. The Balaban J connectivity index is 2.40. The van der Waals surface area contributed by atoms with Gasteiger partial charge in [-0.2, -0.15) is 5.10 Å². The number of H-pyrrole nitrogens is 1. The third-order valence-electron chi connectivity index (χ3n) is 2.63. The van der Waals surface area contributed by atoms with Gasteiger partial charge in [0.05, 0.1) is 27.0 Å². The van der Waals surface area contributed by atoms with Crippen molar-refractivity contribution < 1.29 is 19.0 Å². The molecule has 0 saturated heterocycles. The fraction of sp³-hybridized carbons (Fsp3) is 0.231. The summed E-state index contributed by atoms with van der Waals surface area (Å²) in [5, 5.41) is 6.67. The average molecular weight is 262 g/mol. The van der Waals surface area contributed by atoms with Crippen LogP contribution in [0.3, 0.4) is 0 Å². The zero-order chi connectivity index (χ0) is 13.8. The summed E-state index contributed by atoms with van der Waals surface area (Å²) in [5.74, 6) is 0.824. The van der Waals surface area contributed by atoms with E-state index in [0.29, 0.717) is 17.2 Å². The summed E-state index contributed by atoms with van der Waals surface area (Å²) in [6, 6.07) is 7.01. The minimum absolute atomic E-state index is 0.222. The number of carbonyl (C=O) groups is 1. The number of benzene rings is 1. The lowest BCUT2D eigenvalue weighted by molar-refractivity contribution is 0.0594. The number of rotatable bonds is 4. The van der Waals surface area contributed by atoms with Gasteiger partial charge in [-0.05, 0) is 18.2 Å². The molecule has 0 aliphatic rings. The highest BCUT2D eigenvalue weighted by Gasteiger charge is 2.12. The molecule has 0 aliphatic heterocycles. The molecule has 0 unspecified atom stereocenters. The molecule has 100 valence electrons. The van der Waals surface area contributed by atoms with Crippen LogP contribution in [0.25, 0.3) is 11.3 Å². The van der Waals surface area contributed by atoms with Crippen LogP contribution in [0.4, 0.5) is 0 Å². The Morgan fingerprint density at radius 1 is 1.05 bits per heavy atom. The van der Waals surface area contributed by atoms with Crippen LogP contribution in [-0.2, 0) is 4.74 Å². The highest BCUT2D eigenvalue weighted by atomic mass is 16.5. The Hall–Kier alpha value is -2.50. The summed E-state index contributed by atoms with van der Waals surface area (Å²) >= 11 is 0. The van der Waals surface area contributed by atoms with Gasteiger partial charge in [-0.25, -0.2) is 4.79 Å². The van der Waals surface area contributed by atoms with Crippen molar-refractivity contribution in [3.05, 3.63) is 30.0 Å². The zero-order valence-electron chi connectivity index (χ0n) is 10.9. The summed E-state index contributed by atoms with van der Waals surface area (Å²) in [6.45, 7) is 0. The van der Waals surface area contributed by atoms with E-state index in [2.05, 4.69) is 14.9 Å². The van der Waals surface area contributed by atoms with Gasteiger partial charge in [0.1, 0.15) is 11.5 Å². The summed E-state index contributed by atoms with van der Waals surface area (Å²) in [6.07, 6.45) is 0. The van der Waals surface area contributed by atoms with Gasteiger partial charge in [0, 0.05) is 11.6 Å². The first-order valence-electron chi connectivity index (χ1n) is 5.55. The van der Waals surface area contributed by atoms with Crippen LogP contribution in [-0.4, -0.2) is 37.5 Å². The van der Waals surface area contributed by atoms with Crippen molar-refractivity contribution in [2.75, 3.05) is 21.3 Å².